The van der Waals surface area contributed by atoms with Crippen molar-refractivity contribution in [2.45, 2.75) is 12.7 Å². The van der Waals surface area contributed by atoms with Crippen LogP contribution in [0.4, 0.5) is 27.6 Å². The van der Waals surface area contributed by atoms with E-state index in [9.17, 15) is 22.0 Å². The Kier molecular flexibility index (Phi) is 4.91. The third-order valence-corrected chi connectivity index (χ3v) is 3.19. The molecule has 4 N–H and O–H groups in total. The fourth-order valence-electron chi connectivity index (χ4n) is 1.97. The summed E-state index contributed by atoms with van der Waals surface area (Å²) < 4.78 is 64.9. The molecule has 0 aliphatic rings. The Morgan fingerprint density at radius 2 is 1.75 bits per heavy atom. The van der Waals surface area contributed by atoms with Crippen LogP contribution in [0.25, 0.3) is 0 Å². The van der Waals surface area contributed by atoms with Crippen molar-refractivity contribution < 1.29 is 27.2 Å². The number of oxime groups is 1. The molecule has 0 unspecified atom stereocenters. The molecule has 0 spiro atoms. The molecule has 0 heterocycles. The molecule has 128 valence electrons. The van der Waals surface area contributed by atoms with Crippen molar-refractivity contribution in [3.8, 4) is 0 Å². The van der Waals surface area contributed by atoms with Crippen molar-refractivity contribution in [1.29, 1.82) is 0 Å². The number of anilines is 1. The van der Waals surface area contributed by atoms with Gasteiger partial charge >= 0.3 is 6.18 Å². The average Bonchev–Trinajstić information content (AvgIpc) is 2.53. The quantitative estimate of drug-likeness (QED) is 0.260. The van der Waals surface area contributed by atoms with Crippen LogP contribution in [0.15, 0.2) is 41.6 Å². The number of hydrogen-bond acceptors (Lipinski definition) is 3. The predicted octanol–water partition coefficient (Wildman–Crippen LogP) is 3.69. The molecule has 2 aromatic carbocycles. The molecule has 0 bridgehead atoms. The van der Waals surface area contributed by atoms with Crippen LogP contribution in [-0.4, -0.2) is 11.0 Å². The first kappa shape index (κ1) is 17.5. The highest BCUT2D eigenvalue weighted by molar-refractivity contribution is 5.97. The van der Waals surface area contributed by atoms with Gasteiger partial charge in [0.1, 0.15) is 11.6 Å². The van der Waals surface area contributed by atoms with Gasteiger partial charge in [0.05, 0.1) is 11.3 Å². The Balaban J connectivity index is 2.23. The molecule has 24 heavy (non-hydrogen) atoms. The number of halogens is 5. The smallest absolute Gasteiger partial charge is 0.409 e. The third kappa shape index (κ3) is 3.92. The van der Waals surface area contributed by atoms with E-state index in [1.807, 2.05) is 0 Å². The average molecular weight is 345 g/mol. The Labute approximate surface area is 133 Å². The minimum atomic E-state index is -4.82. The van der Waals surface area contributed by atoms with Crippen LogP contribution in [0.3, 0.4) is 0 Å². The first-order chi connectivity index (χ1) is 11.2. The van der Waals surface area contributed by atoms with Gasteiger partial charge in [-0.2, -0.15) is 13.2 Å². The van der Waals surface area contributed by atoms with Crippen LogP contribution in [0.1, 0.15) is 16.7 Å². The van der Waals surface area contributed by atoms with Crippen molar-refractivity contribution in [2.24, 2.45) is 10.9 Å². The van der Waals surface area contributed by atoms with E-state index in [2.05, 4.69) is 10.5 Å². The van der Waals surface area contributed by atoms with E-state index in [4.69, 9.17) is 10.9 Å². The Hall–Kier alpha value is -2.84. The Morgan fingerprint density at radius 1 is 1.08 bits per heavy atom. The summed E-state index contributed by atoms with van der Waals surface area (Å²) >= 11 is 0. The van der Waals surface area contributed by atoms with Crippen LogP contribution >= 0.6 is 0 Å². The van der Waals surface area contributed by atoms with Gasteiger partial charge in [0.25, 0.3) is 0 Å². The van der Waals surface area contributed by atoms with Crippen molar-refractivity contribution in [3.05, 3.63) is 64.7 Å². The van der Waals surface area contributed by atoms with E-state index in [-0.39, 0.29) is 29.2 Å². The lowest BCUT2D eigenvalue weighted by Crippen LogP contribution is -2.14. The number of amidine groups is 1. The molecular formula is C15H12F5N3O. The van der Waals surface area contributed by atoms with E-state index in [1.54, 1.807) is 0 Å². The van der Waals surface area contributed by atoms with Crippen molar-refractivity contribution in [2.75, 3.05) is 5.32 Å². The highest BCUT2D eigenvalue weighted by Crippen LogP contribution is 2.32. The fraction of sp³-hybridized carbons (Fsp3) is 0.133. The normalized spacial score (nSPS) is 12.3. The third-order valence-electron chi connectivity index (χ3n) is 3.19. The monoisotopic (exact) mass is 345 g/mol. The van der Waals surface area contributed by atoms with Gasteiger partial charge in [-0.15, -0.1) is 0 Å². The molecule has 9 heteroatoms. The Bertz CT molecular complexity index is 774. The number of nitrogens with one attached hydrogen (secondary N) is 1. The van der Waals surface area contributed by atoms with Gasteiger partial charge in [0, 0.05) is 12.1 Å². The van der Waals surface area contributed by atoms with Gasteiger partial charge in [-0.1, -0.05) is 11.2 Å². The molecule has 0 radical (unpaired) electrons. The van der Waals surface area contributed by atoms with Crippen LogP contribution in [0.2, 0.25) is 0 Å². The highest BCUT2D eigenvalue weighted by Gasteiger charge is 2.34. The lowest BCUT2D eigenvalue weighted by molar-refractivity contribution is -0.140. The van der Waals surface area contributed by atoms with E-state index >= 15 is 0 Å². The zero-order chi connectivity index (χ0) is 17.9. The van der Waals surface area contributed by atoms with Crippen LogP contribution in [-0.2, 0) is 12.7 Å². The first-order valence-corrected chi connectivity index (χ1v) is 6.59. The van der Waals surface area contributed by atoms with Crippen LogP contribution in [0, 0.1) is 11.6 Å². The maximum Gasteiger partial charge on any atom is 0.419 e. The summed E-state index contributed by atoms with van der Waals surface area (Å²) in [5, 5.41) is 14.0. The summed E-state index contributed by atoms with van der Waals surface area (Å²) in [6.07, 6.45) is -4.82. The second kappa shape index (κ2) is 6.73. The second-order valence-electron chi connectivity index (χ2n) is 4.85. The largest absolute Gasteiger partial charge is 0.419 e. The van der Waals surface area contributed by atoms with Gasteiger partial charge in [0.15, 0.2) is 5.84 Å². The molecule has 0 aliphatic carbocycles. The van der Waals surface area contributed by atoms with E-state index < -0.39 is 23.4 Å². The molecule has 0 amide bonds. The maximum absolute atomic E-state index is 13.7. The highest BCUT2D eigenvalue weighted by atomic mass is 19.4. The maximum atomic E-state index is 13.7. The molecule has 0 aliphatic heterocycles. The predicted molar refractivity (Wildman–Crippen MR) is 77.6 cm³/mol. The summed E-state index contributed by atoms with van der Waals surface area (Å²) in [6.45, 7) is -0.181. The molecular weight excluding hydrogens is 333 g/mol. The van der Waals surface area contributed by atoms with Gasteiger partial charge in [-0.3, -0.25) is 0 Å². The van der Waals surface area contributed by atoms with Crippen molar-refractivity contribution in [1.82, 2.24) is 0 Å². The number of hydrogen-bond donors (Lipinski definition) is 3. The molecule has 4 nitrogen and oxygen atoms in total. The summed E-state index contributed by atoms with van der Waals surface area (Å²) in [6, 6.07) is 6.06. The van der Waals surface area contributed by atoms with Gasteiger partial charge < -0.3 is 16.3 Å². The number of benzene rings is 2. The minimum absolute atomic E-state index is 0.0583. The Morgan fingerprint density at radius 3 is 2.38 bits per heavy atom. The molecule has 0 atom stereocenters. The lowest BCUT2D eigenvalue weighted by Gasteiger charge is -2.12. The molecule has 2 aromatic rings. The van der Waals surface area contributed by atoms with E-state index in [1.165, 1.54) is 12.1 Å². The molecule has 0 fully saturated rings. The number of nitrogens with zero attached hydrogens (tertiary/aromatic N) is 1. The zero-order valence-corrected chi connectivity index (χ0v) is 12.0. The van der Waals surface area contributed by atoms with Gasteiger partial charge in [-0.25, -0.2) is 8.78 Å². The lowest BCUT2D eigenvalue weighted by atomic mass is 10.1. The topological polar surface area (TPSA) is 70.6 Å². The van der Waals surface area contributed by atoms with Gasteiger partial charge in [0.2, 0.25) is 0 Å². The fourth-order valence-corrected chi connectivity index (χ4v) is 1.97. The van der Waals surface area contributed by atoms with Crippen molar-refractivity contribution >= 4 is 11.5 Å². The standard InChI is InChI=1S/C15H12F5N3O/c16-11-3-1-8(5-10(11)15(18,19)20)7-22-13-6-9(14(21)23-24)2-4-12(13)17/h1-6,22,24H,7H2,(H2,21,23). The van der Waals surface area contributed by atoms with E-state index in [0.29, 0.717) is 12.1 Å². The molecule has 0 saturated carbocycles. The minimum Gasteiger partial charge on any atom is -0.409 e. The summed E-state index contributed by atoms with van der Waals surface area (Å²) in [5.41, 5.74) is 4.26. The number of alkyl halides is 3. The molecule has 0 aromatic heterocycles. The molecule has 2 rings (SSSR count). The second-order valence-corrected chi connectivity index (χ2v) is 4.85. The molecule has 0 saturated heterocycles. The van der Waals surface area contributed by atoms with Crippen LogP contribution in [0.5, 0.6) is 0 Å². The van der Waals surface area contributed by atoms with E-state index in [0.717, 1.165) is 12.1 Å². The SMILES string of the molecule is NC(=NO)c1ccc(F)c(NCc2ccc(F)c(C(F)(F)F)c2)c1. The summed E-state index contributed by atoms with van der Waals surface area (Å²) in [4.78, 5) is 0. The first-order valence-electron chi connectivity index (χ1n) is 6.59. The summed E-state index contributed by atoms with van der Waals surface area (Å²) in [5.74, 6) is -2.31. The zero-order valence-electron chi connectivity index (χ0n) is 12.0. The van der Waals surface area contributed by atoms with Gasteiger partial charge in [-0.05, 0) is 35.9 Å². The van der Waals surface area contributed by atoms with Crippen LogP contribution < -0.4 is 11.1 Å². The summed E-state index contributed by atoms with van der Waals surface area (Å²) in [7, 11) is 0. The van der Waals surface area contributed by atoms with Crippen molar-refractivity contribution in [3.63, 3.8) is 0 Å². The number of nitrogens with two attached hydrogens (primary N) is 1. The number of rotatable bonds is 4.